The van der Waals surface area contributed by atoms with Crippen LogP contribution in [-0.4, -0.2) is 9.78 Å². The Hall–Kier alpha value is -1.19. The SMILES string of the molecule is CCc1cnn(-c2cccc(Cl)c2Cl)c1N. The van der Waals surface area contributed by atoms with Crippen LogP contribution in [0.2, 0.25) is 10.0 Å². The van der Waals surface area contributed by atoms with Gasteiger partial charge in [-0.2, -0.15) is 5.10 Å². The molecule has 1 aromatic carbocycles. The fourth-order valence-corrected chi connectivity index (χ4v) is 1.89. The first-order chi connectivity index (χ1) is 7.65. The van der Waals surface area contributed by atoms with E-state index in [4.69, 9.17) is 28.9 Å². The summed E-state index contributed by atoms with van der Waals surface area (Å²) in [6, 6.07) is 5.38. The highest BCUT2D eigenvalue weighted by Crippen LogP contribution is 2.30. The van der Waals surface area contributed by atoms with E-state index in [1.165, 1.54) is 0 Å². The first-order valence-corrected chi connectivity index (χ1v) is 5.67. The molecule has 2 rings (SSSR count). The lowest BCUT2D eigenvalue weighted by molar-refractivity contribution is 0.891. The molecule has 1 heterocycles. The molecule has 5 heteroatoms. The molecule has 0 saturated heterocycles. The van der Waals surface area contributed by atoms with Crippen LogP contribution in [0, 0.1) is 0 Å². The summed E-state index contributed by atoms with van der Waals surface area (Å²) in [5.74, 6) is 0.603. The lowest BCUT2D eigenvalue weighted by Gasteiger charge is -2.07. The summed E-state index contributed by atoms with van der Waals surface area (Å²) in [5.41, 5.74) is 7.66. The van der Waals surface area contributed by atoms with Gasteiger partial charge in [0, 0.05) is 5.56 Å². The van der Waals surface area contributed by atoms with Gasteiger partial charge in [-0.25, -0.2) is 4.68 Å². The molecule has 0 radical (unpaired) electrons. The molecule has 0 unspecified atom stereocenters. The van der Waals surface area contributed by atoms with Crippen LogP contribution in [0.15, 0.2) is 24.4 Å². The minimum atomic E-state index is 0.460. The van der Waals surface area contributed by atoms with E-state index in [-0.39, 0.29) is 0 Å². The van der Waals surface area contributed by atoms with Gasteiger partial charge in [-0.3, -0.25) is 0 Å². The highest BCUT2D eigenvalue weighted by atomic mass is 35.5. The number of nitrogens with zero attached hydrogens (tertiary/aromatic N) is 2. The molecule has 0 atom stereocenters. The molecule has 84 valence electrons. The Morgan fingerprint density at radius 1 is 1.38 bits per heavy atom. The Labute approximate surface area is 104 Å². The van der Waals surface area contributed by atoms with Gasteiger partial charge in [0.15, 0.2) is 0 Å². The molecule has 0 aliphatic heterocycles. The quantitative estimate of drug-likeness (QED) is 0.895. The molecule has 1 aromatic heterocycles. The van der Waals surface area contributed by atoms with E-state index in [0.29, 0.717) is 21.6 Å². The second-order valence-corrected chi connectivity index (χ2v) is 4.18. The maximum atomic E-state index is 6.10. The highest BCUT2D eigenvalue weighted by molar-refractivity contribution is 6.43. The minimum Gasteiger partial charge on any atom is -0.383 e. The smallest absolute Gasteiger partial charge is 0.130 e. The minimum absolute atomic E-state index is 0.460. The molecule has 16 heavy (non-hydrogen) atoms. The van der Waals surface area contributed by atoms with E-state index in [1.54, 1.807) is 16.9 Å². The summed E-state index contributed by atoms with van der Waals surface area (Å²) in [7, 11) is 0. The molecular weight excluding hydrogens is 245 g/mol. The predicted molar refractivity (Wildman–Crippen MR) is 67.4 cm³/mol. The van der Waals surface area contributed by atoms with E-state index in [1.807, 2.05) is 19.1 Å². The zero-order valence-electron chi connectivity index (χ0n) is 8.74. The van der Waals surface area contributed by atoms with Crippen LogP contribution in [-0.2, 0) is 6.42 Å². The molecule has 0 aliphatic rings. The zero-order valence-corrected chi connectivity index (χ0v) is 10.3. The Morgan fingerprint density at radius 3 is 2.75 bits per heavy atom. The molecular formula is C11H11Cl2N3. The summed E-state index contributed by atoms with van der Waals surface area (Å²) < 4.78 is 1.60. The molecule has 0 saturated carbocycles. The third kappa shape index (κ3) is 1.77. The standard InChI is InChI=1S/C11H11Cl2N3/c1-2-7-6-15-16(11(7)14)9-5-3-4-8(12)10(9)13/h3-6H,2,14H2,1H3. The van der Waals surface area contributed by atoms with Crippen LogP contribution >= 0.6 is 23.2 Å². The van der Waals surface area contributed by atoms with Crippen molar-refractivity contribution in [2.24, 2.45) is 0 Å². The number of benzene rings is 1. The molecule has 3 nitrogen and oxygen atoms in total. The summed E-state index contributed by atoms with van der Waals surface area (Å²) in [4.78, 5) is 0. The van der Waals surface area contributed by atoms with Gasteiger partial charge in [0.25, 0.3) is 0 Å². The number of hydrogen-bond acceptors (Lipinski definition) is 2. The second-order valence-electron chi connectivity index (χ2n) is 3.39. The molecule has 2 N–H and O–H groups in total. The molecule has 0 aliphatic carbocycles. The number of nitrogen functional groups attached to an aromatic ring is 1. The predicted octanol–water partition coefficient (Wildman–Crippen LogP) is 3.32. The van der Waals surface area contributed by atoms with E-state index in [0.717, 1.165) is 12.0 Å². The van der Waals surface area contributed by atoms with Gasteiger partial charge >= 0.3 is 0 Å². The van der Waals surface area contributed by atoms with E-state index < -0.39 is 0 Å². The molecule has 0 fully saturated rings. The largest absolute Gasteiger partial charge is 0.383 e. The van der Waals surface area contributed by atoms with Crippen molar-refractivity contribution < 1.29 is 0 Å². The normalized spacial score (nSPS) is 10.7. The fourth-order valence-electron chi connectivity index (χ4n) is 1.51. The van der Waals surface area contributed by atoms with Crippen molar-refractivity contribution >= 4 is 29.0 Å². The lowest BCUT2D eigenvalue weighted by atomic mass is 10.2. The highest BCUT2D eigenvalue weighted by Gasteiger charge is 2.11. The Morgan fingerprint density at radius 2 is 2.12 bits per heavy atom. The number of anilines is 1. The van der Waals surface area contributed by atoms with E-state index in [2.05, 4.69) is 5.10 Å². The van der Waals surface area contributed by atoms with Crippen molar-refractivity contribution in [3.05, 3.63) is 40.0 Å². The van der Waals surface area contributed by atoms with Crippen LogP contribution in [0.5, 0.6) is 0 Å². The summed E-state index contributed by atoms with van der Waals surface area (Å²) in [6.07, 6.45) is 2.58. The monoisotopic (exact) mass is 255 g/mol. The first-order valence-electron chi connectivity index (χ1n) is 4.92. The lowest BCUT2D eigenvalue weighted by Crippen LogP contribution is -2.03. The third-order valence-electron chi connectivity index (χ3n) is 2.43. The maximum Gasteiger partial charge on any atom is 0.130 e. The Bertz CT molecular complexity index is 520. The van der Waals surface area contributed by atoms with Gasteiger partial charge in [0.2, 0.25) is 0 Å². The number of aryl methyl sites for hydroxylation is 1. The number of halogens is 2. The van der Waals surface area contributed by atoms with Crippen LogP contribution in [0.3, 0.4) is 0 Å². The molecule has 2 aromatic rings. The van der Waals surface area contributed by atoms with Crippen molar-refractivity contribution in [2.45, 2.75) is 13.3 Å². The van der Waals surface area contributed by atoms with Gasteiger partial charge in [-0.05, 0) is 18.6 Å². The molecule has 0 bridgehead atoms. The van der Waals surface area contributed by atoms with Gasteiger partial charge in [0.05, 0.1) is 21.9 Å². The number of rotatable bonds is 2. The molecule has 0 amide bonds. The van der Waals surface area contributed by atoms with Gasteiger partial charge in [0.1, 0.15) is 5.82 Å². The van der Waals surface area contributed by atoms with Crippen LogP contribution < -0.4 is 5.73 Å². The Kier molecular flexibility index (Phi) is 3.08. The van der Waals surface area contributed by atoms with Crippen LogP contribution in [0.1, 0.15) is 12.5 Å². The van der Waals surface area contributed by atoms with Crippen molar-refractivity contribution in [1.82, 2.24) is 9.78 Å². The summed E-state index contributed by atoms with van der Waals surface area (Å²) in [5, 5.41) is 5.16. The zero-order chi connectivity index (χ0) is 11.7. The van der Waals surface area contributed by atoms with Crippen molar-refractivity contribution in [2.75, 3.05) is 5.73 Å². The van der Waals surface area contributed by atoms with Crippen LogP contribution in [0.25, 0.3) is 5.69 Å². The average molecular weight is 256 g/mol. The number of hydrogen-bond donors (Lipinski definition) is 1. The van der Waals surface area contributed by atoms with Crippen molar-refractivity contribution in [1.29, 1.82) is 0 Å². The van der Waals surface area contributed by atoms with Gasteiger partial charge < -0.3 is 5.73 Å². The topological polar surface area (TPSA) is 43.8 Å². The van der Waals surface area contributed by atoms with Crippen molar-refractivity contribution in [3.8, 4) is 5.69 Å². The van der Waals surface area contributed by atoms with E-state index in [9.17, 15) is 0 Å². The summed E-state index contributed by atoms with van der Waals surface area (Å²) in [6.45, 7) is 2.03. The number of nitrogens with two attached hydrogens (primary N) is 1. The average Bonchev–Trinajstić information content (AvgIpc) is 2.64. The Balaban J connectivity index is 2.59. The third-order valence-corrected chi connectivity index (χ3v) is 3.24. The fraction of sp³-hybridized carbons (Fsp3) is 0.182. The maximum absolute atomic E-state index is 6.10. The molecule has 0 spiro atoms. The van der Waals surface area contributed by atoms with Gasteiger partial charge in [-0.15, -0.1) is 0 Å². The van der Waals surface area contributed by atoms with Crippen molar-refractivity contribution in [3.63, 3.8) is 0 Å². The summed E-state index contributed by atoms with van der Waals surface area (Å²) >= 11 is 12.0. The van der Waals surface area contributed by atoms with Gasteiger partial charge in [-0.1, -0.05) is 36.2 Å². The van der Waals surface area contributed by atoms with Crippen LogP contribution in [0.4, 0.5) is 5.82 Å². The first kappa shape index (κ1) is 11.3. The second kappa shape index (κ2) is 4.36. The van der Waals surface area contributed by atoms with E-state index >= 15 is 0 Å². The number of aromatic nitrogens is 2.